The van der Waals surface area contributed by atoms with E-state index >= 15 is 0 Å². The molecule has 1 fully saturated rings. The van der Waals surface area contributed by atoms with Gasteiger partial charge in [-0.2, -0.15) is 0 Å². The van der Waals surface area contributed by atoms with Crippen LogP contribution in [0.3, 0.4) is 0 Å². The third-order valence-electron chi connectivity index (χ3n) is 1.98. The van der Waals surface area contributed by atoms with Gasteiger partial charge in [0, 0.05) is 25.7 Å². The van der Waals surface area contributed by atoms with Crippen molar-refractivity contribution in [3.05, 3.63) is 0 Å². The van der Waals surface area contributed by atoms with Crippen LogP contribution in [0.25, 0.3) is 0 Å². The highest BCUT2D eigenvalue weighted by molar-refractivity contribution is 5.85. The van der Waals surface area contributed by atoms with Crippen molar-refractivity contribution in [2.45, 2.75) is 13.0 Å². The lowest BCUT2D eigenvalue weighted by Gasteiger charge is -2.32. The fourth-order valence-electron chi connectivity index (χ4n) is 1.29. The van der Waals surface area contributed by atoms with Gasteiger partial charge in [-0.1, -0.05) is 0 Å². The second-order valence-corrected chi connectivity index (χ2v) is 2.92. The molecule has 0 saturated carbocycles. The van der Waals surface area contributed by atoms with Crippen molar-refractivity contribution < 1.29 is 9.90 Å². The lowest BCUT2D eigenvalue weighted by atomic mass is 10.2. The molecule has 1 aliphatic heterocycles. The molecule has 0 radical (unpaired) electrons. The number of aliphatic carboxylic acids is 1. The molecule has 2 N–H and O–H groups in total. The van der Waals surface area contributed by atoms with Crippen LogP contribution in [-0.2, 0) is 4.79 Å². The number of halogens is 2. The Morgan fingerprint density at radius 2 is 2.23 bits per heavy atom. The Morgan fingerprint density at radius 3 is 2.69 bits per heavy atom. The van der Waals surface area contributed by atoms with E-state index in [1.54, 1.807) is 0 Å². The Bertz CT molecular complexity index is 157. The SMILES string of the molecule is CC1CNCCN1CC(=O)O.Cl.Cl. The number of piperazine rings is 1. The van der Waals surface area contributed by atoms with Crippen LogP contribution in [0.1, 0.15) is 6.92 Å². The lowest BCUT2D eigenvalue weighted by molar-refractivity contribution is -0.139. The van der Waals surface area contributed by atoms with Crippen LogP contribution >= 0.6 is 24.8 Å². The topological polar surface area (TPSA) is 52.6 Å². The van der Waals surface area contributed by atoms with E-state index in [9.17, 15) is 4.79 Å². The van der Waals surface area contributed by atoms with Gasteiger partial charge in [0.1, 0.15) is 0 Å². The highest BCUT2D eigenvalue weighted by Crippen LogP contribution is 2.00. The number of rotatable bonds is 2. The Morgan fingerprint density at radius 1 is 1.62 bits per heavy atom. The maximum absolute atomic E-state index is 10.4. The van der Waals surface area contributed by atoms with Crippen LogP contribution in [0.2, 0.25) is 0 Å². The number of carbonyl (C=O) groups is 1. The summed E-state index contributed by atoms with van der Waals surface area (Å²) < 4.78 is 0. The molecule has 0 spiro atoms. The summed E-state index contributed by atoms with van der Waals surface area (Å²) >= 11 is 0. The average molecular weight is 231 g/mol. The van der Waals surface area contributed by atoms with E-state index in [1.807, 2.05) is 11.8 Å². The quantitative estimate of drug-likeness (QED) is 0.713. The van der Waals surface area contributed by atoms with Crippen LogP contribution < -0.4 is 5.32 Å². The molecule has 0 bridgehead atoms. The molecule has 0 aromatic rings. The van der Waals surface area contributed by atoms with E-state index in [2.05, 4.69) is 5.32 Å². The van der Waals surface area contributed by atoms with Gasteiger partial charge in [-0.05, 0) is 6.92 Å². The molecular weight excluding hydrogens is 215 g/mol. The molecule has 0 aliphatic carbocycles. The highest BCUT2D eigenvalue weighted by atomic mass is 35.5. The first-order valence-electron chi connectivity index (χ1n) is 3.86. The summed E-state index contributed by atoms with van der Waals surface area (Å²) in [5, 5.41) is 11.7. The fourth-order valence-corrected chi connectivity index (χ4v) is 1.29. The van der Waals surface area contributed by atoms with E-state index in [0.717, 1.165) is 19.6 Å². The van der Waals surface area contributed by atoms with Crippen LogP contribution in [0.15, 0.2) is 0 Å². The summed E-state index contributed by atoms with van der Waals surface area (Å²) in [6, 6.07) is 0.347. The zero-order chi connectivity index (χ0) is 8.27. The van der Waals surface area contributed by atoms with E-state index < -0.39 is 5.97 Å². The maximum Gasteiger partial charge on any atom is 0.317 e. The molecule has 1 rings (SSSR count). The van der Waals surface area contributed by atoms with Crippen LogP contribution in [-0.4, -0.2) is 48.2 Å². The summed E-state index contributed by atoms with van der Waals surface area (Å²) in [5.41, 5.74) is 0. The van der Waals surface area contributed by atoms with E-state index in [4.69, 9.17) is 5.11 Å². The molecule has 1 aliphatic rings. The van der Waals surface area contributed by atoms with Gasteiger partial charge in [0.2, 0.25) is 0 Å². The van der Waals surface area contributed by atoms with Crippen molar-refractivity contribution in [3.8, 4) is 0 Å². The molecule has 80 valence electrons. The Labute approximate surface area is 90.5 Å². The van der Waals surface area contributed by atoms with Crippen molar-refractivity contribution in [1.82, 2.24) is 10.2 Å². The molecule has 13 heavy (non-hydrogen) atoms. The normalized spacial score (nSPS) is 22.7. The van der Waals surface area contributed by atoms with Crippen molar-refractivity contribution in [3.63, 3.8) is 0 Å². The van der Waals surface area contributed by atoms with Crippen molar-refractivity contribution in [2.24, 2.45) is 0 Å². The Hall–Kier alpha value is -0.0300. The first-order valence-corrected chi connectivity index (χ1v) is 3.86. The zero-order valence-electron chi connectivity index (χ0n) is 7.52. The number of carboxylic acids is 1. The molecule has 0 aromatic heterocycles. The average Bonchev–Trinajstić information content (AvgIpc) is 1.93. The molecule has 1 heterocycles. The van der Waals surface area contributed by atoms with E-state index in [-0.39, 0.29) is 31.4 Å². The second-order valence-electron chi connectivity index (χ2n) is 2.92. The minimum atomic E-state index is -0.737. The van der Waals surface area contributed by atoms with Crippen molar-refractivity contribution in [2.75, 3.05) is 26.2 Å². The number of hydrogen-bond acceptors (Lipinski definition) is 3. The third-order valence-corrected chi connectivity index (χ3v) is 1.98. The van der Waals surface area contributed by atoms with Crippen molar-refractivity contribution >= 4 is 30.8 Å². The predicted molar refractivity (Wildman–Crippen MR) is 56.0 cm³/mol. The Balaban J connectivity index is 0. The van der Waals surface area contributed by atoms with Gasteiger partial charge >= 0.3 is 5.97 Å². The predicted octanol–water partition coefficient (Wildman–Crippen LogP) is 0.208. The second kappa shape index (κ2) is 7.38. The standard InChI is InChI=1S/C7H14N2O2.2ClH/c1-6-4-8-2-3-9(6)5-7(10)11;;/h6,8H,2-5H2,1H3,(H,10,11);2*1H. The molecule has 1 saturated heterocycles. The summed E-state index contributed by atoms with van der Waals surface area (Å²) in [6.45, 7) is 4.84. The molecule has 1 atom stereocenters. The van der Waals surface area contributed by atoms with Gasteiger partial charge in [-0.3, -0.25) is 9.69 Å². The van der Waals surface area contributed by atoms with E-state index in [1.165, 1.54) is 0 Å². The van der Waals surface area contributed by atoms with Crippen LogP contribution in [0.4, 0.5) is 0 Å². The van der Waals surface area contributed by atoms with Gasteiger partial charge < -0.3 is 10.4 Å². The number of hydrogen-bond donors (Lipinski definition) is 2. The smallest absolute Gasteiger partial charge is 0.317 e. The van der Waals surface area contributed by atoms with Crippen LogP contribution in [0, 0.1) is 0 Å². The monoisotopic (exact) mass is 230 g/mol. The molecule has 4 nitrogen and oxygen atoms in total. The fraction of sp³-hybridized carbons (Fsp3) is 0.857. The lowest BCUT2D eigenvalue weighted by Crippen LogP contribution is -2.51. The van der Waals surface area contributed by atoms with Gasteiger partial charge in [0.05, 0.1) is 6.54 Å². The van der Waals surface area contributed by atoms with Gasteiger partial charge in [0.15, 0.2) is 0 Å². The van der Waals surface area contributed by atoms with E-state index in [0.29, 0.717) is 6.04 Å². The molecular formula is C7H16Cl2N2O2. The minimum absolute atomic E-state index is 0. The largest absolute Gasteiger partial charge is 0.480 e. The van der Waals surface area contributed by atoms with Gasteiger partial charge in [-0.25, -0.2) is 0 Å². The summed E-state index contributed by atoms with van der Waals surface area (Å²) in [4.78, 5) is 12.3. The number of nitrogens with one attached hydrogen (secondary N) is 1. The summed E-state index contributed by atoms with van der Waals surface area (Å²) in [6.07, 6.45) is 0. The summed E-state index contributed by atoms with van der Waals surface area (Å²) in [5.74, 6) is -0.737. The zero-order valence-corrected chi connectivity index (χ0v) is 9.16. The number of nitrogens with zero attached hydrogens (tertiary/aromatic N) is 1. The molecule has 1 unspecified atom stereocenters. The van der Waals surface area contributed by atoms with Crippen LogP contribution in [0.5, 0.6) is 0 Å². The van der Waals surface area contributed by atoms with Gasteiger partial charge in [0.25, 0.3) is 0 Å². The van der Waals surface area contributed by atoms with Crippen molar-refractivity contribution in [1.29, 1.82) is 0 Å². The molecule has 0 aromatic carbocycles. The first-order chi connectivity index (χ1) is 5.20. The number of carboxylic acid groups (broad SMARTS) is 1. The molecule has 0 amide bonds. The maximum atomic E-state index is 10.4. The summed E-state index contributed by atoms with van der Waals surface area (Å²) in [7, 11) is 0. The van der Waals surface area contributed by atoms with Gasteiger partial charge in [-0.15, -0.1) is 24.8 Å². The minimum Gasteiger partial charge on any atom is -0.480 e. The molecule has 6 heteroatoms. The Kier molecular flexibility index (Phi) is 8.77. The first kappa shape index (κ1) is 15.4. The highest BCUT2D eigenvalue weighted by Gasteiger charge is 2.19. The third kappa shape index (κ3) is 5.31.